The lowest BCUT2D eigenvalue weighted by Gasteiger charge is -2.31. The summed E-state index contributed by atoms with van der Waals surface area (Å²) < 4.78 is 13.3. The topological polar surface area (TPSA) is 105 Å². The quantitative estimate of drug-likeness (QED) is 0.208. The van der Waals surface area contributed by atoms with Gasteiger partial charge in [-0.05, 0) is 70.5 Å². The van der Waals surface area contributed by atoms with Gasteiger partial charge in [0.1, 0.15) is 16.7 Å². The van der Waals surface area contributed by atoms with E-state index in [1.54, 1.807) is 43.9 Å². The number of carbonyl (C=O) groups is 1. The summed E-state index contributed by atoms with van der Waals surface area (Å²) in [4.78, 5) is 22.0. The normalized spacial score (nSPS) is 15.9. The van der Waals surface area contributed by atoms with Gasteiger partial charge in [0.2, 0.25) is 0 Å². The number of thiazole rings is 1. The van der Waals surface area contributed by atoms with E-state index in [1.807, 2.05) is 30.3 Å². The second-order valence-corrected chi connectivity index (χ2v) is 12.7. The average molecular weight is 556 g/mol. The van der Waals surface area contributed by atoms with E-state index in [9.17, 15) is 4.79 Å². The Balaban J connectivity index is 1.50. The van der Waals surface area contributed by atoms with Crippen molar-refractivity contribution in [1.29, 1.82) is 5.41 Å². The smallest absolute Gasteiger partial charge is 0.417 e. The van der Waals surface area contributed by atoms with Crippen LogP contribution in [0.4, 0.5) is 4.79 Å². The van der Waals surface area contributed by atoms with E-state index in [0.717, 1.165) is 56.5 Å². The summed E-state index contributed by atoms with van der Waals surface area (Å²) in [5.74, 6) is 0.236. The number of nitrogens with one attached hydrogen (secondary N) is 1. The third-order valence-electron chi connectivity index (χ3n) is 6.18. The van der Waals surface area contributed by atoms with Crippen LogP contribution >= 0.6 is 23.1 Å². The number of rotatable bonds is 8. The molecule has 1 atom stereocenters. The summed E-state index contributed by atoms with van der Waals surface area (Å²) in [6.07, 6.45) is 1.31. The SMILES string of the molecule is CN1CCC(OC(c2cccc(SCCN(C(=N)N)C(=O)OC(C)(C)C)c2)c2nc3ccccc3s2)CC1. The molecule has 0 spiro atoms. The second-order valence-electron chi connectivity index (χ2n) is 10.5. The number of guanidine groups is 1. The summed E-state index contributed by atoms with van der Waals surface area (Å²) in [6.45, 7) is 7.69. The van der Waals surface area contributed by atoms with Crippen LogP contribution in [0.3, 0.4) is 0 Å². The number of amides is 1. The Morgan fingerprint density at radius 2 is 1.97 bits per heavy atom. The summed E-state index contributed by atoms with van der Waals surface area (Å²) in [5.41, 5.74) is 7.06. The number of hydrogen-bond acceptors (Lipinski definition) is 8. The van der Waals surface area contributed by atoms with Crippen LogP contribution < -0.4 is 5.73 Å². The van der Waals surface area contributed by atoms with E-state index < -0.39 is 11.7 Å². The van der Waals surface area contributed by atoms with Crippen molar-refractivity contribution in [1.82, 2.24) is 14.8 Å². The fraction of sp³-hybridized carbons (Fsp3) is 0.464. The number of thioether (sulfide) groups is 1. The molecular weight excluding hydrogens is 518 g/mol. The molecule has 38 heavy (non-hydrogen) atoms. The van der Waals surface area contributed by atoms with Gasteiger partial charge in [0.05, 0.1) is 16.3 Å². The number of piperidine rings is 1. The van der Waals surface area contributed by atoms with Crippen molar-refractivity contribution in [3.8, 4) is 0 Å². The zero-order chi connectivity index (χ0) is 27.3. The molecule has 0 aliphatic carbocycles. The molecule has 204 valence electrons. The lowest BCUT2D eigenvalue weighted by molar-refractivity contribution is -0.0235. The Morgan fingerprint density at radius 3 is 2.66 bits per heavy atom. The molecule has 1 unspecified atom stereocenters. The first kappa shape index (κ1) is 28.4. The van der Waals surface area contributed by atoms with Gasteiger partial charge in [0.15, 0.2) is 5.96 Å². The molecule has 0 saturated carbocycles. The minimum absolute atomic E-state index is 0.178. The van der Waals surface area contributed by atoms with Gasteiger partial charge in [-0.25, -0.2) is 14.7 Å². The molecule has 10 heteroatoms. The summed E-state index contributed by atoms with van der Waals surface area (Å²) in [6, 6.07) is 16.5. The van der Waals surface area contributed by atoms with Crippen LogP contribution in [0.25, 0.3) is 10.2 Å². The van der Waals surface area contributed by atoms with Crippen LogP contribution in [-0.4, -0.2) is 71.0 Å². The minimum atomic E-state index is -0.657. The monoisotopic (exact) mass is 555 g/mol. The molecule has 3 aromatic rings. The average Bonchev–Trinajstić information content (AvgIpc) is 3.29. The highest BCUT2D eigenvalue weighted by atomic mass is 32.2. The van der Waals surface area contributed by atoms with Crippen molar-refractivity contribution >= 4 is 45.4 Å². The molecule has 1 fully saturated rings. The van der Waals surface area contributed by atoms with E-state index in [4.69, 9.17) is 25.6 Å². The van der Waals surface area contributed by atoms with Crippen LogP contribution in [-0.2, 0) is 9.47 Å². The predicted molar refractivity (Wildman–Crippen MR) is 155 cm³/mol. The van der Waals surface area contributed by atoms with Crippen molar-refractivity contribution in [2.24, 2.45) is 5.73 Å². The number of fused-ring (bicyclic) bond motifs is 1. The first-order chi connectivity index (χ1) is 18.1. The fourth-order valence-corrected chi connectivity index (χ4v) is 6.18. The number of ether oxygens (including phenoxy) is 2. The van der Waals surface area contributed by atoms with Crippen molar-refractivity contribution in [3.63, 3.8) is 0 Å². The molecule has 0 radical (unpaired) electrons. The number of aromatic nitrogens is 1. The number of hydrogen-bond donors (Lipinski definition) is 2. The van der Waals surface area contributed by atoms with Gasteiger partial charge < -0.3 is 20.1 Å². The Labute approximate surface area is 233 Å². The zero-order valence-corrected chi connectivity index (χ0v) is 24.1. The van der Waals surface area contributed by atoms with Crippen molar-refractivity contribution in [2.75, 3.05) is 32.4 Å². The van der Waals surface area contributed by atoms with Gasteiger partial charge >= 0.3 is 6.09 Å². The van der Waals surface area contributed by atoms with Crippen LogP contribution in [0.5, 0.6) is 0 Å². The van der Waals surface area contributed by atoms with E-state index in [2.05, 4.69) is 30.1 Å². The van der Waals surface area contributed by atoms with Gasteiger partial charge in [-0.15, -0.1) is 23.1 Å². The van der Waals surface area contributed by atoms with E-state index in [-0.39, 0.29) is 24.7 Å². The van der Waals surface area contributed by atoms with Gasteiger partial charge in [0.25, 0.3) is 0 Å². The first-order valence-corrected chi connectivity index (χ1v) is 14.7. The molecule has 1 aliphatic rings. The fourth-order valence-electron chi connectivity index (χ4n) is 4.24. The Morgan fingerprint density at radius 1 is 1.24 bits per heavy atom. The number of nitrogens with zero attached hydrogens (tertiary/aromatic N) is 3. The van der Waals surface area contributed by atoms with Gasteiger partial charge in [-0.1, -0.05) is 24.3 Å². The molecule has 1 aromatic heterocycles. The van der Waals surface area contributed by atoms with Crippen molar-refractivity contribution in [3.05, 3.63) is 59.1 Å². The number of nitrogens with two attached hydrogens (primary N) is 1. The van der Waals surface area contributed by atoms with Crippen molar-refractivity contribution in [2.45, 2.75) is 56.3 Å². The van der Waals surface area contributed by atoms with Gasteiger partial charge in [0, 0.05) is 30.3 Å². The standard InChI is InChI=1S/C28H37N5O3S2/c1-28(2,3)36-27(34)33(26(29)30)16-17-37-21-9-7-8-19(18-21)24(35-20-12-14-32(4)15-13-20)25-31-22-10-5-6-11-23(22)38-25/h5-11,18,20,24H,12-17H2,1-4H3,(H3,29,30). The van der Waals surface area contributed by atoms with Crippen LogP contribution in [0, 0.1) is 5.41 Å². The van der Waals surface area contributed by atoms with Gasteiger partial charge in [-0.2, -0.15) is 0 Å². The predicted octanol–water partition coefficient (Wildman–Crippen LogP) is 5.72. The van der Waals surface area contributed by atoms with Crippen molar-refractivity contribution < 1.29 is 14.3 Å². The molecule has 1 amide bonds. The van der Waals surface area contributed by atoms with Crippen LogP contribution in [0.2, 0.25) is 0 Å². The van der Waals surface area contributed by atoms with E-state index in [1.165, 1.54) is 0 Å². The largest absolute Gasteiger partial charge is 0.443 e. The molecule has 1 saturated heterocycles. The van der Waals surface area contributed by atoms with Crippen LogP contribution in [0.1, 0.15) is 50.3 Å². The maximum Gasteiger partial charge on any atom is 0.417 e. The molecule has 2 heterocycles. The maximum atomic E-state index is 12.5. The zero-order valence-electron chi connectivity index (χ0n) is 22.5. The molecule has 0 bridgehead atoms. The lowest BCUT2D eigenvalue weighted by atomic mass is 10.1. The molecular formula is C28H37N5O3S2. The highest BCUT2D eigenvalue weighted by Gasteiger charge is 2.27. The first-order valence-electron chi connectivity index (χ1n) is 12.9. The highest BCUT2D eigenvalue weighted by molar-refractivity contribution is 7.99. The Bertz CT molecular complexity index is 1220. The Hall–Kier alpha value is -2.66. The molecule has 3 N–H and O–H groups in total. The number of para-hydroxylation sites is 1. The number of benzene rings is 2. The minimum Gasteiger partial charge on any atom is -0.443 e. The molecule has 8 nitrogen and oxygen atoms in total. The third-order valence-corrected chi connectivity index (χ3v) is 8.23. The maximum absolute atomic E-state index is 12.5. The number of carbonyl (C=O) groups excluding carboxylic acids is 1. The highest BCUT2D eigenvalue weighted by Crippen LogP contribution is 2.36. The van der Waals surface area contributed by atoms with E-state index >= 15 is 0 Å². The molecule has 2 aromatic carbocycles. The van der Waals surface area contributed by atoms with Crippen LogP contribution in [0.15, 0.2) is 53.4 Å². The lowest BCUT2D eigenvalue weighted by Crippen LogP contribution is -2.45. The number of likely N-dealkylation sites (tertiary alicyclic amines) is 1. The molecule has 1 aliphatic heterocycles. The van der Waals surface area contributed by atoms with Gasteiger partial charge in [-0.3, -0.25) is 5.41 Å². The summed E-state index contributed by atoms with van der Waals surface area (Å²) in [7, 11) is 2.15. The summed E-state index contributed by atoms with van der Waals surface area (Å²) in [5, 5.41) is 8.77. The van der Waals surface area contributed by atoms with E-state index in [0.29, 0.717) is 5.75 Å². The molecule has 4 rings (SSSR count). The Kier molecular flexibility index (Phi) is 9.30. The second kappa shape index (κ2) is 12.5. The summed E-state index contributed by atoms with van der Waals surface area (Å²) >= 11 is 3.28. The third kappa shape index (κ3) is 7.69.